The first-order valence-electron chi connectivity index (χ1n) is 8.85. The molecule has 2 saturated heterocycles. The molecule has 0 bridgehead atoms. The van der Waals surface area contributed by atoms with Crippen molar-refractivity contribution in [1.82, 2.24) is 21.5 Å². The van der Waals surface area contributed by atoms with E-state index in [1.54, 1.807) is 7.11 Å². The van der Waals surface area contributed by atoms with E-state index in [1.807, 2.05) is 24.3 Å². The van der Waals surface area contributed by atoms with Crippen molar-refractivity contribution >= 4 is 29.9 Å². The lowest BCUT2D eigenvalue weighted by Gasteiger charge is -2.37. The molecule has 2 heterocycles. The van der Waals surface area contributed by atoms with Crippen LogP contribution in [0.1, 0.15) is 24.4 Å². The van der Waals surface area contributed by atoms with Crippen LogP contribution in [0.5, 0.6) is 0 Å². The fourth-order valence-corrected chi connectivity index (χ4v) is 3.89. The minimum Gasteiger partial charge on any atom is -0.384 e. The molecule has 2 atom stereocenters. The van der Waals surface area contributed by atoms with E-state index in [2.05, 4.69) is 21.5 Å². The van der Waals surface area contributed by atoms with Gasteiger partial charge in [-0.15, -0.1) is 12.4 Å². The SMILES string of the molecule is COCC1(CNC(=O)C2CNNC2c2ccc(Cl)cc2)CCNCC1.Cl. The van der Waals surface area contributed by atoms with Crippen molar-refractivity contribution in [2.24, 2.45) is 11.3 Å². The number of hydrogen-bond acceptors (Lipinski definition) is 5. The van der Waals surface area contributed by atoms with Gasteiger partial charge in [0.25, 0.3) is 0 Å². The Bertz CT molecular complexity index is 574. The average molecular weight is 403 g/mol. The fraction of sp³-hybridized carbons (Fsp3) is 0.611. The second-order valence-corrected chi connectivity index (χ2v) is 7.50. The summed E-state index contributed by atoms with van der Waals surface area (Å²) < 4.78 is 5.43. The molecule has 1 amide bonds. The highest BCUT2D eigenvalue weighted by atomic mass is 35.5. The number of carbonyl (C=O) groups excluding carboxylic acids is 1. The Morgan fingerprint density at radius 2 is 2.00 bits per heavy atom. The Morgan fingerprint density at radius 3 is 2.65 bits per heavy atom. The first kappa shape index (κ1) is 21.4. The molecule has 146 valence electrons. The highest BCUT2D eigenvalue weighted by Gasteiger charge is 2.37. The van der Waals surface area contributed by atoms with Crippen molar-refractivity contribution in [1.29, 1.82) is 0 Å². The van der Waals surface area contributed by atoms with Gasteiger partial charge in [-0.2, -0.15) is 0 Å². The summed E-state index contributed by atoms with van der Waals surface area (Å²) in [6.45, 7) is 3.89. The summed E-state index contributed by atoms with van der Waals surface area (Å²) in [5.74, 6) is -0.0750. The van der Waals surface area contributed by atoms with E-state index < -0.39 is 0 Å². The number of methoxy groups -OCH3 is 1. The van der Waals surface area contributed by atoms with Crippen LogP contribution in [0.2, 0.25) is 5.02 Å². The van der Waals surface area contributed by atoms with Crippen LogP contribution in [0.4, 0.5) is 0 Å². The van der Waals surface area contributed by atoms with E-state index in [4.69, 9.17) is 16.3 Å². The first-order valence-corrected chi connectivity index (χ1v) is 9.23. The summed E-state index contributed by atoms with van der Waals surface area (Å²) in [5.41, 5.74) is 7.41. The van der Waals surface area contributed by atoms with Crippen molar-refractivity contribution in [2.45, 2.75) is 18.9 Å². The minimum atomic E-state index is -0.150. The fourth-order valence-electron chi connectivity index (χ4n) is 3.77. The van der Waals surface area contributed by atoms with E-state index in [9.17, 15) is 4.79 Å². The lowest BCUT2D eigenvalue weighted by molar-refractivity contribution is -0.125. The molecule has 0 aliphatic carbocycles. The molecule has 0 aromatic heterocycles. The highest BCUT2D eigenvalue weighted by molar-refractivity contribution is 6.30. The van der Waals surface area contributed by atoms with Gasteiger partial charge >= 0.3 is 0 Å². The van der Waals surface area contributed by atoms with E-state index in [0.717, 1.165) is 31.5 Å². The third-order valence-electron chi connectivity index (χ3n) is 5.30. The van der Waals surface area contributed by atoms with E-state index in [1.165, 1.54) is 0 Å². The predicted octanol–water partition coefficient (Wildman–Crippen LogP) is 1.66. The monoisotopic (exact) mass is 402 g/mol. The largest absolute Gasteiger partial charge is 0.384 e. The number of nitrogens with one attached hydrogen (secondary N) is 4. The van der Waals surface area contributed by atoms with Gasteiger partial charge in [0.2, 0.25) is 5.91 Å². The van der Waals surface area contributed by atoms with Crippen LogP contribution in [0.15, 0.2) is 24.3 Å². The Hall–Kier alpha value is -0.890. The summed E-state index contributed by atoms with van der Waals surface area (Å²) in [6, 6.07) is 7.59. The van der Waals surface area contributed by atoms with Crippen LogP contribution in [0, 0.1) is 11.3 Å². The number of hydrogen-bond donors (Lipinski definition) is 4. The molecule has 2 unspecified atom stereocenters. The zero-order valence-electron chi connectivity index (χ0n) is 15.0. The minimum absolute atomic E-state index is 0. The van der Waals surface area contributed by atoms with Crippen molar-refractivity contribution in [3.05, 3.63) is 34.9 Å². The Labute approximate surface area is 166 Å². The normalized spacial score (nSPS) is 24.7. The third-order valence-corrected chi connectivity index (χ3v) is 5.55. The molecule has 4 N–H and O–H groups in total. The Balaban J connectivity index is 0.00000243. The Kier molecular flexibility index (Phi) is 8.13. The number of rotatable bonds is 6. The van der Waals surface area contributed by atoms with Gasteiger partial charge in [0.1, 0.15) is 0 Å². The number of benzene rings is 1. The van der Waals surface area contributed by atoms with Gasteiger partial charge < -0.3 is 15.4 Å². The van der Waals surface area contributed by atoms with Gasteiger partial charge in [0.05, 0.1) is 18.6 Å². The number of ether oxygens (including phenoxy) is 1. The molecular formula is C18H28Cl2N4O2. The summed E-state index contributed by atoms with van der Waals surface area (Å²) in [7, 11) is 1.73. The van der Waals surface area contributed by atoms with E-state index >= 15 is 0 Å². The molecule has 0 radical (unpaired) electrons. The number of carbonyl (C=O) groups is 1. The number of piperidine rings is 1. The van der Waals surface area contributed by atoms with Gasteiger partial charge in [-0.3, -0.25) is 10.2 Å². The topological polar surface area (TPSA) is 74.4 Å². The summed E-state index contributed by atoms with van der Waals surface area (Å²) in [4.78, 5) is 12.8. The van der Waals surface area contributed by atoms with Crippen LogP contribution in [0.3, 0.4) is 0 Å². The first-order chi connectivity index (χ1) is 12.1. The van der Waals surface area contributed by atoms with Crippen molar-refractivity contribution in [3.8, 4) is 0 Å². The average Bonchev–Trinajstić information content (AvgIpc) is 3.11. The molecule has 26 heavy (non-hydrogen) atoms. The lowest BCUT2D eigenvalue weighted by atomic mass is 9.79. The van der Waals surface area contributed by atoms with Crippen LogP contribution < -0.4 is 21.5 Å². The third kappa shape index (κ3) is 5.09. The maximum absolute atomic E-state index is 12.8. The summed E-state index contributed by atoms with van der Waals surface area (Å²) in [6.07, 6.45) is 2.03. The quantitative estimate of drug-likeness (QED) is 0.582. The summed E-state index contributed by atoms with van der Waals surface area (Å²) in [5, 5.41) is 7.25. The molecule has 1 aromatic carbocycles. The van der Waals surface area contributed by atoms with Crippen LogP contribution in [-0.4, -0.2) is 45.8 Å². The van der Waals surface area contributed by atoms with Gasteiger partial charge in [-0.1, -0.05) is 23.7 Å². The molecule has 2 aliphatic heterocycles. The molecule has 1 aromatic rings. The second kappa shape index (κ2) is 9.88. The number of hydrazine groups is 1. The molecule has 0 spiro atoms. The van der Waals surface area contributed by atoms with Gasteiger partial charge in [-0.25, -0.2) is 5.43 Å². The highest BCUT2D eigenvalue weighted by Crippen LogP contribution is 2.30. The zero-order valence-corrected chi connectivity index (χ0v) is 16.6. The molecule has 3 rings (SSSR count). The second-order valence-electron chi connectivity index (χ2n) is 7.06. The van der Waals surface area contributed by atoms with Gasteiger partial charge in [-0.05, 0) is 43.6 Å². The molecule has 8 heteroatoms. The van der Waals surface area contributed by atoms with E-state index in [0.29, 0.717) is 24.7 Å². The predicted molar refractivity (Wildman–Crippen MR) is 105 cm³/mol. The van der Waals surface area contributed by atoms with Crippen LogP contribution >= 0.6 is 24.0 Å². The van der Waals surface area contributed by atoms with Crippen LogP contribution in [-0.2, 0) is 9.53 Å². The lowest BCUT2D eigenvalue weighted by Crippen LogP contribution is -2.48. The number of halogens is 2. The van der Waals surface area contributed by atoms with Crippen molar-refractivity contribution < 1.29 is 9.53 Å². The van der Waals surface area contributed by atoms with Crippen molar-refractivity contribution in [2.75, 3.05) is 39.9 Å². The smallest absolute Gasteiger partial charge is 0.226 e. The van der Waals surface area contributed by atoms with Gasteiger partial charge in [0.15, 0.2) is 0 Å². The Morgan fingerprint density at radius 1 is 1.31 bits per heavy atom. The van der Waals surface area contributed by atoms with Crippen molar-refractivity contribution in [3.63, 3.8) is 0 Å². The summed E-state index contributed by atoms with van der Waals surface area (Å²) >= 11 is 5.97. The molecule has 6 nitrogen and oxygen atoms in total. The number of amides is 1. The molecule has 2 fully saturated rings. The molecule has 0 saturated carbocycles. The van der Waals surface area contributed by atoms with Gasteiger partial charge in [0, 0.05) is 30.6 Å². The molecular weight excluding hydrogens is 375 g/mol. The standard InChI is InChI=1S/C18H27ClN4O2.ClH/c1-25-12-18(6-8-20-9-7-18)11-21-17(24)15-10-22-23-16(15)13-2-4-14(19)5-3-13;/h2-5,15-16,20,22-23H,6-12H2,1H3,(H,21,24);1H. The van der Waals surface area contributed by atoms with E-state index in [-0.39, 0.29) is 35.7 Å². The maximum Gasteiger partial charge on any atom is 0.226 e. The van der Waals surface area contributed by atoms with Crippen LogP contribution in [0.25, 0.3) is 0 Å². The zero-order chi connectivity index (χ0) is 17.7. The maximum atomic E-state index is 12.8. The molecule has 2 aliphatic rings.